The Hall–Kier alpha value is -1.42. The van der Waals surface area contributed by atoms with Gasteiger partial charge < -0.3 is 14.6 Å². The van der Waals surface area contributed by atoms with Gasteiger partial charge in [-0.2, -0.15) is 0 Å². The number of methoxy groups -OCH3 is 1. The topological polar surface area (TPSA) is 55.8 Å². The molecule has 0 atom stereocenters. The van der Waals surface area contributed by atoms with E-state index in [0.29, 0.717) is 41.5 Å². The fourth-order valence-corrected chi connectivity index (χ4v) is 2.46. The SMILES string of the molecule is CCOc1c(OC)ccc(Cl)c1C1(C(=O)O)CC1. The van der Waals surface area contributed by atoms with E-state index in [1.54, 1.807) is 12.1 Å². The van der Waals surface area contributed by atoms with Gasteiger partial charge in [0, 0.05) is 10.6 Å². The van der Waals surface area contributed by atoms with Gasteiger partial charge in [-0.15, -0.1) is 0 Å². The van der Waals surface area contributed by atoms with Crippen LogP contribution in [0.25, 0.3) is 0 Å². The fraction of sp³-hybridized carbons (Fsp3) is 0.462. The molecule has 98 valence electrons. The second kappa shape index (κ2) is 4.69. The van der Waals surface area contributed by atoms with E-state index in [1.165, 1.54) is 7.11 Å². The van der Waals surface area contributed by atoms with Gasteiger partial charge in [-0.1, -0.05) is 11.6 Å². The molecule has 0 saturated heterocycles. The normalized spacial score (nSPS) is 16.2. The first kappa shape index (κ1) is 13.0. The lowest BCUT2D eigenvalue weighted by molar-refractivity contribution is -0.140. The van der Waals surface area contributed by atoms with Crippen LogP contribution >= 0.6 is 11.6 Å². The summed E-state index contributed by atoms with van der Waals surface area (Å²) in [5, 5.41) is 9.80. The molecule has 1 N–H and O–H groups in total. The smallest absolute Gasteiger partial charge is 0.314 e. The lowest BCUT2D eigenvalue weighted by Gasteiger charge is -2.19. The predicted octanol–water partition coefficient (Wildman–Crippen LogP) is 2.86. The summed E-state index contributed by atoms with van der Waals surface area (Å²) in [5.41, 5.74) is -0.367. The van der Waals surface area contributed by atoms with Crippen LogP contribution in [0.4, 0.5) is 0 Å². The highest BCUT2D eigenvalue weighted by atomic mass is 35.5. The van der Waals surface area contributed by atoms with Crippen molar-refractivity contribution in [2.24, 2.45) is 0 Å². The van der Waals surface area contributed by atoms with Crippen molar-refractivity contribution in [3.63, 3.8) is 0 Å². The molecule has 1 fully saturated rings. The lowest BCUT2D eigenvalue weighted by atomic mass is 9.94. The third kappa shape index (κ3) is 1.90. The van der Waals surface area contributed by atoms with Crippen LogP contribution in [0.15, 0.2) is 12.1 Å². The number of carboxylic acid groups (broad SMARTS) is 1. The van der Waals surface area contributed by atoms with Crippen LogP contribution in [0.1, 0.15) is 25.3 Å². The number of hydrogen-bond acceptors (Lipinski definition) is 3. The Bertz CT molecular complexity index is 480. The molecule has 18 heavy (non-hydrogen) atoms. The van der Waals surface area contributed by atoms with Gasteiger partial charge in [0.15, 0.2) is 11.5 Å². The first-order chi connectivity index (χ1) is 8.56. The molecule has 2 rings (SSSR count). The zero-order valence-corrected chi connectivity index (χ0v) is 11.1. The zero-order chi connectivity index (χ0) is 13.3. The number of halogens is 1. The lowest BCUT2D eigenvalue weighted by Crippen LogP contribution is -2.21. The second-order valence-corrected chi connectivity index (χ2v) is 4.68. The summed E-state index contributed by atoms with van der Waals surface area (Å²) in [4.78, 5) is 11.4. The summed E-state index contributed by atoms with van der Waals surface area (Å²) in [6, 6.07) is 3.34. The van der Waals surface area contributed by atoms with Crippen LogP contribution in [-0.2, 0) is 10.2 Å². The van der Waals surface area contributed by atoms with Crippen LogP contribution < -0.4 is 9.47 Å². The Morgan fingerprint density at radius 1 is 1.50 bits per heavy atom. The summed E-state index contributed by atoms with van der Waals surface area (Å²) >= 11 is 6.16. The molecule has 0 radical (unpaired) electrons. The summed E-state index contributed by atoms with van der Waals surface area (Å²) in [7, 11) is 1.52. The van der Waals surface area contributed by atoms with Crippen LogP contribution in [0.5, 0.6) is 11.5 Å². The standard InChI is InChI=1S/C13H15ClO4/c1-3-18-11-9(17-2)5-4-8(14)10(11)13(6-7-13)12(15)16/h4-5H,3,6-7H2,1-2H3,(H,15,16). The number of aliphatic carboxylic acids is 1. The number of carbonyl (C=O) groups is 1. The highest BCUT2D eigenvalue weighted by molar-refractivity contribution is 6.32. The Morgan fingerprint density at radius 3 is 2.61 bits per heavy atom. The van der Waals surface area contributed by atoms with Gasteiger partial charge in [0.05, 0.1) is 19.1 Å². The first-order valence-electron chi connectivity index (χ1n) is 5.80. The van der Waals surface area contributed by atoms with E-state index in [0.717, 1.165) is 0 Å². The third-order valence-electron chi connectivity index (χ3n) is 3.22. The zero-order valence-electron chi connectivity index (χ0n) is 10.3. The third-order valence-corrected chi connectivity index (χ3v) is 3.53. The van der Waals surface area contributed by atoms with Crippen LogP contribution in [0, 0.1) is 0 Å². The molecule has 1 aliphatic carbocycles. The van der Waals surface area contributed by atoms with E-state index < -0.39 is 11.4 Å². The summed E-state index contributed by atoms with van der Waals surface area (Å²) in [6.07, 6.45) is 1.16. The number of hydrogen-bond donors (Lipinski definition) is 1. The van der Waals surface area contributed by atoms with Gasteiger partial charge in [-0.05, 0) is 31.9 Å². The van der Waals surface area contributed by atoms with E-state index in [4.69, 9.17) is 21.1 Å². The monoisotopic (exact) mass is 270 g/mol. The van der Waals surface area contributed by atoms with Gasteiger partial charge in [0.25, 0.3) is 0 Å². The minimum Gasteiger partial charge on any atom is -0.493 e. The summed E-state index contributed by atoms with van der Waals surface area (Å²) in [5.74, 6) is 0.106. The van der Waals surface area contributed by atoms with Crippen molar-refractivity contribution < 1.29 is 19.4 Å². The molecule has 0 aliphatic heterocycles. The molecule has 1 aromatic carbocycles. The highest BCUT2D eigenvalue weighted by Gasteiger charge is 2.55. The molecule has 0 spiro atoms. The molecule has 1 aliphatic rings. The van der Waals surface area contributed by atoms with Crippen molar-refractivity contribution in [3.05, 3.63) is 22.7 Å². The average Bonchev–Trinajstić information content (AvgIpc) is 3.11. The molecular weight excluding hydrogens is 256 g/mol. The maximum atomic E-state index is 11.4. The van der Waals surface area contributed by atoms with Crippen molar-refractivity contribution in [2.75, 3.05) is 13.7 Å². The second-order valence-electron chi connectivity index (χ2n) is 4.27. The number of benzene rings is 1. The molecule has 0 heterocycles. The van der Waals surface area contributed by atoms with Crippen molar-refractivity contribution in [1.29, 1.82) is 0 Å². The van der Waals surface area contributed by atoms with Gasteiger partial charge in [-0.25, -0.2) is 0 Å². The molecule has 0 unspecified atom stereocenters. The first-order valence-corrected chi connectivity index (χ1v) is 6.17. The predicted molar refractivity (Wildman–Crippen MR) is 67.7 cm³/mol. The summed E-state index contributed by atoms with van der Waals surface area (Å²) in [6.45, 7) is 2.27. The Morgan fingerprint density at radius 2 is 2.17 bits per heavy atom. The van der Waals surface area contributed by atoms with E-state index in [-0.39, 0.29) is 0 Å². The molecule has 0 aromatic heterocycles. The molecular formula is C13H15ClO4. The van der Waals surface area contributed by atoms with Crippen molar-refractivity contribution >= 4 is 17.6 Å². The van der Waals surface area contributed by atoms with Crippen molar-refractivity contribution in [3.8, 4) is 11.5 Å². The van der Waals surface area contributed by atoms with Gasteiger partial charge >= 0.3 is 5.97 Å². The number of carboxylic acids is 1. The van der Waals surface area contributed by atoms with E-state index >= 15 is 0 Å². The molecule has 1 aromatic rings. The van der Waals surface area contributed by atoms with E-state index in [9.17, 15) is 9.90 Å². The van der Waals surface area contributed by atoms with E-state index in [2.05, 4.69) is 0 Å². The van der Waals surface area contributed by atoms with Gasteiger partial charge in [-0.3, -0.25) is 4.79 Å². The van der Waals surface area contributed by atoms with E-state index in [1.807, 2.05) is 6.92 Å². The number of rotatable bonds is 5. The maximum absolute atomic E-state index is 11.4. The quantitative estimate of drug-likeness (QED) is 0.894. The van der Waals surface area contributed by atoms with Gasteiger partial charge in [0.2, 0.25) is 0 Å². The number of ether oxygens (including phenoxy) is 2. The molecule has 1 saturated carbocycles. The summed E-state index contributed by atoms with van der Waals surface area (Å²) < 4.78 is 10.8. The highest BCUT2D eigenvalue weighted by Crippen LogP contribution is 2.56. The minimum atomic E-state index is -0.907. The van der Waals surface area contributed by atoms with Crippen LogP contribution in [0.3, 0.4) is 0 Å². The van der Waals surface area contributed by atoms with Crippen LogP contribution in [-0.4, -0.2) is 24.8 Å². The fourth-order valence-electron chi connectivity index (χ4n) is 2.13. The van der Waals surface area contributed by atoms with Crippen molar-refractivity contribution in [2.45, 2.75) is 25.2 Å². The van der Waals surface area contributed by atoms with Crippen molar-refractivity contribution in [1.82, 2.24) is 0 Å². The molecule has 0 bridgehead atoms. The molecule has 5 heteroatoms. The molecule has 4 nitrogen and oxygen atoms in total. The van der Waals surface area contributed by atoms with Gasteiger partial charge in [0.1, 0.15) is 0 Å². The average molecular weight is 271 g/mol. The Labute approximate surface area is 110 Å². The Balaban J connectivity index is 2.60. The largest absolute Gasteiger partial charge is 0.493 e. The molecule has 0 amide bonds. The maximum Gasteiger partial charge on any atom is 0.314 e. The Kier molecular flexibility index (Phi) is 3.39. The minimum absolute atomic E-state index is 0.416. The van der Waals surface area contributed by atoms with Crippen LogP contribution in [0.2, 0.25) is 5.02 Å².